The SMILES string of the molecule is CCOc1ccc(C(=O)Nc2ccc3sc(C(=O)OC)c(OCC)c3c2)cc1. The fourth-order valence-electron chi connectivity index (χ4n) is 2.74. The molecule has 0 aliphatic carbocycles. The lowest BCUT2D eigenvalue weighted by molar-refractivity contribution is 0.0602. The average molecular weight is 399 g/mol. The van der Waals surface area contributed by atoms with Gasteiger partial charge in [-0.05, 0) is 56.3 Å². The summed E-state index contributed by atoms with van der Waals surface area (Å²) < 4.78 is 16.8. The standard InChI is InChI=1S/C21H21NO5S/c1-4-26-15-9-6-13(7-10-15)20(23)22-14-8-11-17-16(12-14)18(27-5-2)19(28-17)21(24)25-3/h6-12H,4-5H2,1-3H3,(H,22,23). The van der Waals surface area contributed by atoms with Crippen LogP contribution in [0.25, 0.3) is 10.1 Å². The van der Waals surface area contributed by atoms with Gasteiger partial charge in [0.1, 0.15) is 5.75 Å². The molecule has 28 heavy (non-hydrogen) atoms. The Labute approximate surface area is 167 Å². The third kappa shape index (κ3) is 4.09. The normalized spacial score (nSPS) is 10.5. The van der Waals surface area contributed by atoms with E-state index in [1.54, 1.807) is 36.4 Å². The van der Waals surface area contributed by atoms with Crippen molar-refractivity contribution < 1.29 is 23.8 Å². The number of hydrogen-bond donors (Lipinski definition) is 1. The molecule has 0 aliphatic heterocycles. The number of methoxy groups -OCH3 is 1. The number of rotatable bonds is 7. The highest BCUT2D eigenvalue weighted by atomic mass is 32.1. The van der Waals surface area contributed by atoms with Crippen LogP contribution in [-0.4, -0.2) is 32.2 Å². The molecule has 0 saturated carbocycles. The molecule has 0 spiro atoms. The van der Waals surface area contributed by atoms with Crippen molar-refractivity contribution in [3.05, 3.63) is 52.9 Å². The zero-order valence-corrected chi connectivity index (χ0v) is 16.7. The van der Waals surface area contributed by atoms with E-state index in [-0.39, 0.29) is 5.91 Å². The quantitative estimate of drug-likeness (QED) is 0.581. The number of anilines is 1. The minimum Gasteiger partial charge on any atom is -0.494 e. The fourth-order valence-corrected chi connectivity index (χ4v) is 3.79. The van der Waals surface area contributed by atoms with Gasteiger partial charge in [0.25, 0.3) is 5.91 Å². The zero-order valence-electron chi connectivity index (χ0n) is 15.9. The number of thiophene rings is 1. The molecule has 0 unspecified atom stereocenters. The summed E-state index contributed by atoms with van der Waals surface area (Å²) in [5.41, 5.74) is 1.13. The summed E-state index contributed by atoms with van der Waals surface area (Å²) in [5.74, 6) is 0.523. The van der Waals surface area contributed by atoms with Gasteiger partial charge in [-0.1, -0.05) is 0 Å². The number of ether oxygens (including phenoxy) is 3. The molecule has 0 fully saturated rings. The number of hydrogen-bond acceptors (Lipinski definition) is 6. The highest BCUT2D eigenvalue weighted by molar-refractivity contribution is 7.21. The van der Waals surface area contributed by atoms with Crippen LogP contribution in [0.4, 0.5) is 5.69 Å². The molecule has 0 atom stereocenters. The number of benzene rings is 2. The van der Waals surface area contributed by atoms with Crippen LogP contribution in [0.2, 0.25) is 0 Å². The first kappa shape index (κ1) is 19.7. The lowest BCUT2D eigenvalue weighted by Crippen LogP contribution is -2.11. The Morgan fingerprint density at radius 1 is 1.00 bits per heavy atom. The molecule has 6 nitrogen and oxygen atoms in total. The minimum atomic E-state index is -0.440. The molecule has 146 valence electrons. The molecule has 1 amide bonds. The van der Waals surface area contributed by atoms with E-state index < -0.39 is 5.97 Å². The Morgan fingerprint density at radius 2 is 1.71 bits per heavy atom. The molecular formula is C21H21NO5S. The topological polar surface area (TPSA) is 73.9 Å². The molecule has 7 heteroatoms. The van der Waals surface area contributed by atoms with E-state index >= 15 is 0 Å². The van der Waals surface area contributed by atoms with Crippen molar-refractivity contribution in [2.75, 3.05) is 25.6 Å². The van der Waals surface area contributed by atoms with Gasteiger partial charge in [-0.2, -0.15) is 0 Å². The van der Waals surface area contributed by atoms with Crippen LogP contribution in [0, 0.1) is 0 Å². The maximum absolute atomic E-state index is 12.5. The first-order valence-corrected chi connectivity index (χ1v) is 9.70. The number of fused-ring (bicyclic) bond motifs is 1. The number of amides is 1. The largest absolute Gasteiger partial charge is 0.494 e. The minimum absolute atomic E-state index is 0.233. The van der Waals surface area contributed by atoms with Gasteiger partial charge >= 0.3 is 5.97 Å². The maximum Gasteiger partial charge on any atom is 0.351 e. The van der Waals surface area contributed by atoms with Crippen molar-refractivity contribution in [3.63, 3.8) is 0 Å². The van der Waals surface area contributed by atoms with Gasteiger partial charge in [-0.25, -0.2) is 4.79 Å². The van der Waals surface area contributed by atoms with Gasteiger partial charge in [0, 0.05) is 21.3 Å². The zero-order chi connectivity index (χ0) is 20.1. The van der Waals surface area contributed by atoms with Gasteiger partial charge in [-0.15, -0.1) is 11.3 Å². The molecule has 3 aromatic rings. The Morgan fingerprint density at radius 3 is 2.36 bits per heavy atom. The number of esters is 1. The van der Waals surface area contributed by atoms with Gasteiger partial charge < -0.3 is 19.5 Å². The number of carbonyl (C=O) groups excluding carboxylic acids is 2. The molecule has 0 aliphatic rings. The second-order valence-electron chi connectivity index (χ2n) is 5.81. The molecule has 2 aromatic carbocycles. The second-order valence-corrected chi connectivity index (χ2v) is 6.86. The molecular weight excluding hydrogens is 378 g/mol. The smallest absolute Gasteiger partial charge is 0.351 e. The molecule has 1 N–H and O–H groups in total. The van der Waals surface area contributed by atoms with Crippen molar-refractivity contribution in [2.45, 2.75) is 13.8 Å². The lowest BCUT2D eigenvalue weighted by atomic mass is 10.1. The van der Waals surface area contributed by atoms with Crippen molar-refractivity contribution in [1.82, 2.24) is 0 Å². The summed E-state index contributed by atoms with van der Waals surface area (Å²) >= 11 is 1.30. The van der Waals surface area contributed by atoms with E-state index in [1.807, 2.05) is 19.9 Å². The maximum atomic E-state index is 12.5. The van der Waals surface area contributed by atoms with Crippen LogP contribution in [0.1, 0.15) is 33.9 Å². The van der Waals surface area contributed by atoms with E-state index in [0.29, 0.717) is 35.1 Å². The average Bonchev–Trinajstić information content (AvgIpc) is 3.06. The molecule has 0 bridgehead atoms. The Bertz CT molecular complexity index is 994. The Hall–Kier alpha value is -3.06. The van der Waals surface area contributed by atoms with Crippen molar-refractivity contribution in [2.24, 2.45) is 0 Å². The summed E-state index contributed by atoms with van der Waals surface area (Å²) in [6, 6.07) is 12.4. The predicted molar refractivity (Wildman–Crippen MR) is 110 cm³/mol. The van der Waals surface area contributed by atoms with Crippen molar-refractivity contribution >= 4 is 39.0 Å². The number of nitrogens with one attached hydrogen (secondary N) is 1. The van der Waals surface area contributed by atoms with E-state index in [4.69, 9.17) is 14.2 Å². The van der Waals surface area contributed by atoms with Gasteiger partial charge in [0.15, 0.2) is 10.6 Å². The summed E-state index contributed by atoms with van der Waals surface area (Å²) in [6.45, 7) is 4.74. The van der Waals surface area contributed by atoms with Crippen LogP contribution in [0.5, 0.6) is 11.5 Å². The summed E-state index contributed by atoms with van der Waals surface area (Å²) in [7, 11) is 1.34. The van der Waals surface area contributed by atoms with Crippen LogP contribution >= 0.6 is 11.3 Å². The Kier molecular flexibility index (Phi) is 6.16. The van der Waals surface area contributed by atoms with Crippen molar-refractivity contribution in [3.8, 4) is 11.5 Å². The first-order valence-electron chi connectivity index (χ1n) is 8.89. The summed E-state index contributed by atoms with van der Waals surface area (Å²) in [4.78, 5) is 25.0. The van der Waals surface area contributed by atoms with Gasteiger partial charge in [-0.3, -0.25) is 4.79 Å². The third-order valence-corrected chi connectivity index (χ3v) is 5.12. The molecule has 1 heterocycles. The molecule has 1 aromatic heterocycles. The lowest BCUT2D eigenvalue weighted by Gasteiger charge is -2.08. The first-order chi connectivity index (χ1) is 13.6. The van der Waals surface area contributed by atoms with Gasteiger partial charge in [0.05, 0.1) is 20.3 Å². The van der Waals surface area contributed by atoms with E-state index in [0.717, 1.165) is 15.8 Å². The molecule has 0 saturated heterocycles. The highest BCUT2D eigenvalue weighted by Gasteiger charge is 2.21. The summed E-state index contributed by atoms with van der Waals surface area (Å²) in [5, 5.41) is 3.64. The van der Waals surface area contributed by atoms with Crippen LogP contribution in [-0.2, 0) is 4.74 Å². The fraction of sp³-hybridized carbons (Fsp3) is 0.238. The monoisotopic (exact) mass is 399 g/mol. The summed E-state index contributed by atoms with van der Waals surface area (Å²) in [6.07, 6.45) is 0. The van der Waals surface area contributed by atoms with Crippen LogP contribution < -0.4 is 14.8 Å². The van der Waals surface area contributed by atoms with E-state index in [2.05, 4.69) is 5.32 Å². The molecule has 0 radical (unpaired) electrons. The third-order valence-electron chi connectivity index (χ3n) is 3.99. The second kappa shape index (κ2) is 8.75. The predicted octanol–water partition coefficient (Wildman–Crippen LogP) is 4.74. The van der Waals surface area contributed by atoms with Crippen molar-refractivity contribution in [1.29, 1.82) is 0 Å². The van der Waals surface area contributed by atoms with E-state index in [1.165, 1.54) is 18.4 Å². The van der Waals surface area contributed by atoms with Crippen LogP contribution in [0.15, 0.2) is 42.5 Å². The van der Waals surface area contributed by atoms with E-state index in [9.17, 15) is 9.59 Å². The highest BCUT2D eigenvalue weighted by Crippen LogP contribution is 2.39. The Balaban J connectivity index is 1.87. The number of carbonyl (C=O) groups is 2. The molecule has 3 rings (SSSR count). The van der Waals surface area contributed by atoms with Crippen LogP contribution in [0.3, 0.4) is 0 Å². The van der Waals surface area contributed by atoms with Gasteiger partial charge in [0.2, 0.25) is 0 Å².